The van der Waals surface area contributed by atoms with E-state index in [1.54, 1.807) is 12.5 Å². The van der Waals surface area contributed by atoms with Gasteiger partial charge in [-0.1, -0.05) is 48.0 Å². The molecule has 1 aliphatic heterocycles. The molecule has 0 amide bonds. The van der Waals surface area contributed by atoms with Gasteiger partial charge in [-0.05, 0) is 35.4 Å². The molecule has 3 heterocycles. The fourth-order valence-corrected chi connectivity index (χ4v) is 3.80. The van der Waals surface area contributed by atoms with Gasteiger partial charge < -0.3 is 9.30 Å². The highest BCUT2D eigenvalue weighted by Gasteiger charge is 2.19. The predicted octanol–water partition coefficient (Wildman–Crippen LogP) is 3.50. The van der Waals surface area contributed by atoms with Crippen molar-refractivity contribution in [3.63, 3.8) is 0 Å². The van der Waals surface area contributed by atoms with E-state index >= 15 is 0 Å². The van der Waals surface area contributed by atoms with Crippen molar-refractivity contribution in [2.24, 2.45) is 7.05 Å². The van der Waals surface area contributed by atoms with Gasteiger partial charge in [0, 0.05) is 18.8 Å². The summed E-state index contributed by atoms with van der Waals surface area (Å²) >= 11 is 6.43. The molecule has 2 aromatic carbocycles. The third kappa shape index (κ3) is 4.22. The molecule has 0 unspecified atom stereocenters. The van der Waals surface area contributed by atoms with Crippen molar-refractivity contribution in [3.05, 3.63) is 89.3 Å². The summed E-state index contributed by atoms with van der Waals surface area (Å²) in [6, 6.07) is 19.7. The van der Waals surface area contributed by atoms with Gasteiger partial charge in [-0.25, -0.2) is 15.8 Å². The van der Waals surface area contributed by atoms with Crippen LogP contribution in [-0.2, 0) is 13.7 Å². The lowest BCUT2D eigenvalue weighted by atomic mass is 10.1. The summed E-state index contributed by atoms with van der Waals surface area (Å²) in [4.78, 5) is 9.20. The lowest BCUT2D eigenvalue weighted by Gasteiger charge is -2.13. The van der Waals surface area contributed by atoms with E-state index in [2.05, 4.69) is 31.9 Å². The van der Waals surface area contributed by atoms with Gasteiger partial charge in [0.05, 0.1) is 22.7 Å². The molecule has 1 fully saturated rings. The molecule has 0 atom stereocenters. The second kappa shape index (κ2) is 9.07. The number of hydrogen-bond donors (Lipinski definition) is 4. The molecule has 32 heavy (non-hydrogen) atoms. The molecule has 0 radical (unpaired) electrons. The standard InChI is InChI=1S/C23H22ClN7O/c1-31-14-26-21(19-11-17(9-10-25-19)23-27-29-30-28-23)22(31)16-7-8-18(24)20(12-16)32-13-15-5-3-2-4-6-15/h2-12,14,23,27-30H,13H2,1H3. The van der Waals surface area contributed by atoms with Crippen LogP contribution in [0.1, 0.15) is 17.3 Å². The number of benzene rings is 2. The molecule has 0 bridgehead atoms. The van der Waals surface area contributed by atoms with Gasteiger partial charge in [0.25, 0.3) is 0 Å². The molecule has 5 rings (SSSR count). The molecule has 2 aromatic heterocycles. The van der Waals surface area contributed by atoms with Crippen LogP contribution in [-0.4, -0.2) is 14.5 Å². The Morgan fingerprint density at radius 3 is 2.62 bits per heavy atom. The smallest absolute Gasteiger partial charge is 0.139 e. The number of ether oxygens (including phenoxy) is 1. The largest absolute Gasteiger partial charge is 0.487 e. The topological polar surface area (TPSA) is 88.1 Å². The third-order valence-electron chi connectivity index (χ3n) is 5.23. The van der Waals surface area contributed by atoms with Crippen LogP contribution in [0.2, 0.25) is 5.02 Å². The highest BCUT2D eigenvalue weighted by Crippen LogP contribution is 2.35. The summed E-state index contributed by atoms with van der Waals surface area (Å²) in [6.45, 7) is 0.440. The Labute approximate surface area is 190 Å². The van der Waals surface area contributed by atoms with E-state index in [0.717, 1.165) is 33.8 Å². The zero-order valence-electron chi connectivity index (χ0n) is 17.3. The number of pyridine rings is 1. The molecule has 1 aliphatic rings. The highest BCUT2D eigenvalue weighted by atomic mass is 35.5. The summed E-state index contributed by atoms with van der Waals surface area (Å²) in [6.07, 6.45) is 3.48. The van der Waals surface area contributed by atoms with Gasteiger partial charge >= 0.3 is 0 Å². The lowest BCUT2D eigenvalue weighted by molar-refractivity contribution is 0.306. The summed E-state index contributed by atoms with van der Waals surface area (Å²) in [5.41, 5.74) is 17.4. The van der Waals surface area contributed by atoms with Crippen molar-refractivity contribution in [1.29, 1.82) is 0 Å². The number of aromatic nitrogens is 3. The van der Waals surface area contributed by atoms with Gasteiger partial charge in [0.1, 0.15) is 24.2 Å². The van der Waals surface area contributed by atoms with Crippen molar-refractivity contribution in [1.82, 2.24) is 36.5 Å². The maximum atomic E-state index is 6.43. The van der Waals surface area contributed by atoms with Crippen LogP contribution >= 0.6 is 11.6 Å². The van der Waals surface area contributed by atoms with E-state index in [-0.39, 0.29) is 6.17 Å². The Kier molecular flexibility index (Phi) is 5.85. The zero-order valence-corrected chi connectivity index (χ0v) is 18.1. The van der Waals surface area contributed by atoms with Gasteiger partial charge in [-0.3, -0.25) is 4.98 Å². The van der Waals surface area contributed by atoms with E-state index < -0.39 is 0 Å². The van der Waals surface area contributed by atoms with Crippen LogP contribution in [0.5, 0.6) is 5.75 Å². The summed E-state index contributed by atoms with van der Waals surface area (Å²) in [5.74, 6) is 0.624. The van der Waals surface area contributed by atoms with Crippen molar-refractivity contribution in [2.75, 3.05) is 0 Å². The summed E-state index contributed by atoms with van der Waals surface area (Å²) in [7, 11) is 1.96. The molecule has 0 saturated carbocycles. The number of nitrogens with one attached hydrogen (secondary N) is 4. The fraction of sp³-hybridized carbons (Fsp3) is 0.130. The molecule has 4 aromatic rings. The Morgan fingerprint density at radius 1 is 1.00 bits per heavy atom. The van der Waals surface area contributed by atoms with Crippen LogP contribution in [0.25, 0.3) is 22.6 Å². The number of hydrazine groups is 3. The van der Waals surface area contributed by atoms with E-state index in [1.165, 1.54) is 0 Å². The predicted molar refractivity (Wildman–Crippen MR) is 123 cm³/mol. The first-order valence-electron chi connectivity index (χ1n) is 10.1. The number of imidazole rings is 1. The number of hydrogen-bond acceptors (Lipinski definition) is 7. The quantitative estimate of drug-likeness (QED) is 0.360. The SMILES string of the molecule is Cn1cnc(-c2cc(C3NNNN3)ccn2)c1-c1ccc(Cl)c(OCc2ccccc2)c1. The van der Waals surface area contributed by atoms with Gasteiger partial charge in [-0.15, -0.1) is 0 Å². The number of aryl methyl sites for hydroxylation is 1. The number of rotatable bonds is 6. The molecule has 0 spiro atoms. The first-order valence-corrected chi connectivity index (χ1v) is 10.5. The molecule has 0 aliphatic carbocycles. The molecule has 8 nitrogen and oxygen atoms in total. The molecular weight excluding hydrogens is 426 g/mol. The second-order valence-electron chi connectivity index (χ2n) is 7.42. The monoisotopic (exact) mass is 447 g/mol. The Balaban J connectivity index is 1.47. The van der Waals surface area contributed by atoms with Gasteiger partial charge in [0.2, 0.25) is 0 Å². The number of nitrogens with zero attached hydrogens (tertiary/aromatic N) is 3. The summed E-state index contributed by atoms with van der Waals surface area (Å²) < 4.78 is 8.00. The Morgan fingerprint density at radius 2 is 1.81 bits per heavy atom. The van der Waals surface area contributed by atoms with Crippen molar-refractivity contribution < 1.29 is 4.74 Å². The molecule has 4 N–H and O–H groups in total. The van der Waals surface area contributed by atoms with Gasteiger partial charge in [0.15, 0.2) is 0 Å². The van der Waals surface area contributed by atoms with E-state index in [4.69, 9.17) is 16.3 Å². The minimum absolute atomic E-state index is 0.0857. The lowest BCUT2D eigenvalue weighted by Crippen LogP contribution is -2.33. The minimum atomic E-state index is -0.0857. The Hall–Kier alpha value is -3.27. The van der Waals surface area contributed by atoms with Crippen molar-refractivity contribution in [2.45, 2.75) is 12.8 Å². The average Bonchev–Trinajstić information content (AvgIpc) is 3.50. The van der Waals surface area contributed by atoms with E-state index in [9.17, 15) is 0 Å². The molecule has 9 heteroatoms. The van der Waals surface area contributed by atoms with Crippen LogP contribution in [0.3, 0.4) is 0 Å². The first kappa shape index (κ1) is 20.6. The minimum Gasteiger partial charge on any atom is -0.487 e. The van der Waals surface area contributed by atoms with Crippen LogP contribution in [0, 0.1) is 0 Å². The maximum Gasteiger partial charge on any atom is 0.139 e. The van der Waals surface area contributed by atoms with Crippen LogP contribution < -0.4 is 26.7 Å². The maximum absolute atomic E-state index is 6.43. The second-order valence-corrected chi connectivity index (χ2v) is 7.83. The van der Waals surface area contributed by atoms with Crippen molar-refractivity contribution >= 4 is 11.6 Å². The molecule has 1 saturated heterocycles. The van der Waals surface area contributed by atoms with Gasteiger partial charge in [-0.2, -0.15) is 11.1 Å². The third-order valence-corrected chi connectivity index (χ3v) is 5.55. The molecule has 162 valence electrons. The fourth-order valence-electron chi connectivity index (χ4n) is 3.63. The van der Waals surface area contributed by atoms with Crippen molar-refractivity contribution in [3.8, 4) is 28.4 Å². The normalized spacial score (nSPS) is 14.1. The molecular formula is C23H22ClN7O. The summed E-state index contributed by atoms with van der Waals surface area (Å²) in [5, 5.41) is 0.562. The highest BCUT2D eigenvalue weighted by molar-refractivity contribution is 6.32. The van der Waals surface area contributed by atoms with Crippen LogP contribution in [0.15, 0.2) is 73.2 Å². The zero-order chi connectivity index (χ0) is 21.9. The first-order chi connectivity index (χ1) is 15.7. The number of halogens is 1. The van der Waals surface area contributed by atoms with Crippen LogP contribution in [0.4, 0.5) is 0 Å². The average molecular weight is 448 g/mol. The van der Waals surface area contributed by atoms with E-state index in [0.29, 0.717) is 17.4 Å². The van der Waals surface area contributed by atoms with E-state index in [1.807, 2.05) is 72.3 Å². The Bertz CT molecular complexity index is 1220.